The maximum absolute atomic E-state index is 12.2. The van der Waals surface area contributed by atoms with Crippen LogP contribution in [-0.2, 0) is 0 Å². The van der Waals surface area contributed by atoms with E-state index in [1.807, 2.05) is 19.1 Å². The quantitative estimate of drug-likeness (QED) is 0.624. The highest BCUT2D eigenvalue weighted by Crippen LogP contribution is 2.26. The van der Waals surface area contributed by atoms with Crippen molar-refractivity contribution >= 4 is 23.2 Å². The van der Waals surface area contributed by atoms with Gasteiger partial charge in [-0.15, -0.1) is 0 Å². The van der Waals surface area contributed by atoms with Crippen LogP contribution in [0.25, 0.3) is 0 Å². The van der Waals surface area contributed by atoms with Crippen molar-refractivity contribution < 1.29 is 4.79 Å². The molecule has 0 saturated heterocycles. The lowest BCUT2D eigenvalue weighted by atomic mass is 9.95. The maximum atomic E-state index is 12.2. The number of aryl methyl sites for hydroxylation is 1. The fraction of sp³-hybridized carbons (Fsp3) is 0.389. The number of hydrogen-bond donors (Lipinski definition) is 4. The van der Waals surface area contributed by atoms with Crippen LogP contribution in [0.3, 0.4) is 0 Å². The Hall–Kier alpha value is -2.83. The number of anilines is 3. The summed E-state index contributed by atoms with van der Waals surface area (Å²) in [5.41, 5.74) is 13.6. The molecule has 1 aromatic carbocycles. The summed E-state index contributed by atoms with van der Waals surface area (Å²) in [7, 11) is 0. The van der Waals surface area contributed by atoms with Crippen molar-refractivity contribution in [3.05, 3.63) is 41.7 Å². The molecule has 1 aromatic heterocycles. The zero-order valence-electron chi connectivity index (χ0n) is 14.4. The maximum Gasteiger partial charge on any atom is 0.269 e. The molecule has 0 atom stereocenters. The Bertz CT molecular complexity index is 725. The van der Waals surface area contributed by atoms with Crippen molar-refractivity contribution in [2.45, 2.75) is 45.1 Å². The average Bonchev–Trinajstić information content (AvgIpc) is 2.63. The molecule has 0 spiro atoms. The van der Waals surface area contributed by atoms with E-state index in [0.717, 1.165) is 18.4 Å². The van der Waals surface area contributed by atoms with Gasteiger partial charge in [-0.25, -0.2) is 9.97 Å². The topological polar surface area (TPSA) is 105 Å². The van der Waals surface area contributed by atoms with Gasteiger partial charge in [-0.1, -0.05) is 37.0 Å². The predicted octanol–water partition coefficient (Wildman–Crippen LogP) is 2.87. The standard InChI is InChI=1S/C18H24N6O/c1-12-7-9-13(10-8-12)18(25)24-23-17-15(19)16(20-11-21-17)22-14-5-3-2-4-6-14/h7-11,14H,2-6,19H2,1H3,(H,24,25)(H2,20,21,22,23). The first-order valence-corrected chi connectivity index (χ1v) is 8.63. The van der Waals surface area contributed by atoms with E-state index in [9.17, 15) is 4.79 Å². The lowest BCUT2D eigenvalue weighted by Gasteiger charge is -2.24. The van der Waals surface area contributed by atoms with Crippen LogP contribution in [0.4, 0.5) is 17.3 Å². The number of hydrazine groups is 1. The van der Waals surface area contributed by atoms with Gasteiger partial charge < -0.3 is 11.1 Å². The highest BCUT2D eigenvalue weighted by Gasteiger charge is 2.16. The summed E-state index contributed by atoms with van der Waals surface area (Å²) < 4.78 is 0. The number of hydrogen-bond acceptors (Lipinski definition) is 6. The van der Waals surface area contributed by atoms with Gasteiger partial charge in [-0.3, -0.25) is 15.6 Å². The molecule has 0 radical (unpaired) electrons. The first kappa shape index (κ1) is 17.0. The number of nitrogen functional groups attached to an aromatic ring is 1. The van der Waals surface area contributed by atoms with E-state index in [0.29, 0.717) is 28.9 Å². The van der Waals surface area contributed by atoms with Crippen LogP contribution >= 0.6 is 0 Å². The monoisotopic (exact) mass is 340 g/mol. The molecule has 5 N–H and O–H groups in total. The number of nitrogens with two attached hydrogens (primary N) is 1. The number of aromatic nitrogens is 2. The molecule has 132 valence electrons. The summed E-state index contributed by atoms with van der Waals surface area (Å²) in [5, 5.41) is 3.39. The Labute approximate surface area is 147 Å². The van der Waals surface area contributed by atoms with Crippen molar-refractivity contribution in [2.24, 2.45) is 0 Å². The molecule has 1 amide bonds. The number of carbonyl (C=O) groups is 1. The van der Waals surface area contributed by atoms with Crippen molar-refractivity contribution in [3.8, 4) is 0 Å². The van der Waals surface area contributed by atoms with E-state index in [4.69, 9.17) is 5.73 Å². The fourth-order valence-electron chi connectivity index (χ4n) is 2.94. The highest BCUT2D eigenvalue weighted by atomic mass is 16.2. The first-order chi connectivity index (χ1) is 12.1. The van der Waals surface area contributed by atoms with Crippen LogP contribution in [0.1, 0.15) is 48.0 Å². The summed E-state index contributed by atoms with van der Waals surface area (Å²) in [6.07, 6.45) is 7.41. The molecular formula is C18H24N6O. The number of carbonyl (C=O) groups excluding carboxylic acids is 1. The van der Waals surface area contributed by atoms with Gasteiger partial charge in [0.1, 0.15) is 12.0 Å². The molecule has 1 saturated carbocycles. The fourth-order valence-corrected chi connectivity index (χ4v) is 2.94. The second-order valence-corrected chi connectivity index (χ2v) is 6.41. The molecule has 1 heterocycles. The Morgan fingerprint density at radius 2 is 1.76 bits per heavy atom. The molecule has 0 bridgehead atoms. The minimum atomic E-state index is -0.250. The number of rotatable bonds is 5. The van der Waals surface area contributed by atoms with E-state index in [1.54, 1.807) is 12.1 Å². The van der Waals surface area contributed by atoms with Crippen LogP contribution in [0, 0.1) is 6.92 Å². The van der Waals surface area contributed by atoms with Crippen molar-refractivity contribution in [1.29, 1.82) is 0 Å². The highest BCUT2D eigenvalue weighted by molar-refractivity contribution is 5.95. The van der Waals surface area contributed by atoms with Gasteiger partial charge in [0, 0.05) is 11.6 Å². The molecule has 1 aliphatic rings. The summed E-state index contributed by atoms with van der Waals surface area (Å²) in [4.78, 5) is 20.5. The summed E-state index contributed by atoms with van der Waals surface area (Å²) in [6, 6.07) is 7.71. The number of nitrogens with one attached hydrogen (secondary N) is 3. The number of nitrogens with zero attached hydrogens (tertiary/aromatic N) is 2. The Kier molecular flexibility index (Phi) is 5.33. The molecule has 25 heavy (non-hydrogen) atoms. The smallest absolute Gasteiger partial charge is 0.269 e. The first-order valence-electron chi connectivity index (χ1n) is 8.63. The number of amides is 1. The lowest BCUT2D eigenvalue weighted by molar-refractivity contribution is 0.0962. The largest absolute Gasteiger partial charge is 0.393 e. The molecular weight excluding hydrogens is 316 g/mol. The van der Waals surface area contributed by atoms with Gasteiger partial charge in [0.15, 0.2) is 11.6 Å². The lowest BCUT2D eigenvalue weighted by Crippen LogP contribution is -2.30. The predicted molar refractivity (Wildman–Crippen MR) is 99.2 cm³/mol. The van der Waals surface area contributed by atoms with Gasteiger partial charge in [-0.2, -0.15) is 0 Å². The van der Waals surface area contributed by atoms with Gasteiger partial charge in [0.2, 0.25) is 0 Å². The summed E-state index contributed by atoms with van der Waals surface area (Å²) >= 11 is 0. The van der Waals surface area contributed by atoms with Crippen molar-refractivity contribution in [3.63, 3.8) is 0 Å². The Balaban J connectivity index is 1.63. The molecule has 7 nitrogen and oxygen atoms in total. The minimum absolute atomic E-state index is 0.250. The third kappa shape index (κ3) is 4.37. The van der Waals surface area contributed by atoms with Crippen molar-refractivity contribution in [1.82, 2.24) is 15.4 Å². The van der Waals surface area contributed by atoms with Gasteiger partial charge in [0.25, 0.3) is 5.91 Å². The van der Waals surface area contributed by atoms with Crippen LogP contribution in [0.15, 0.2) is 30.6 Å². The second kappa shape index (κ2) is 7.83. The third-order valence-electron chi connectivity index (χ3n) is 4.44. The zero-order chi connectivity index (χ0) is 17.6. The molecule has 3 rings (SSSR count). The van der Waals surface area contributed by atoms with Gasteiger partial charge in [0.05, 0.1) is 0 Å². The average molecular weight is 340 g/mol. The van der Waals surface area contributed by atoms with Crippen LogP contribution in [0.2, 0.25) is 0 Å². The Morgan fingerprint density at radius 1 is 1.08 bits per heavy atom. The van der Waals surface area contributed by atoms with Crippen molar-refractivity contribution in [2.75, 3.05) is 16.5 Å². The van der Waals surface area contributed by atoms with Gasteiger partial charge in [-0.05, 0) is 31.9 Å². The van der Waals surface area contributed by atoms with Crippen LogP contribution in [-0.4, -0.2) is 21.9 Å². The SMILES string of the molecule is Cc1ccc(C(=O)NNc2ncnc(NC3CCCCC3)c2N)cc1. The molecule has 1 fully saturated rings. The van der Waals surface area contributed by atoms with Crippen LogP contribution in [0.5, 0.6) is 0 Å². The number of benzene rings is 1. The zero-order valence-corrected chi connectivity index (χ0v) is 14.4. The van der Waals surface area contributed by atoms with E-state index >= 15 is 0 Å². The third-order valence-corrected chi connectivity index (χ3v) is 4.44. The molecule has 7 heteroatoms. The van der Waals surface area contributed by atoms with E-state index in [2.05, 4.69) is 26.1 Å². The summed E-state index contributed by atoms with van der Waals surface area (Å²) in [5.74, 6) is 0.738. The second-order valence-electron chi connectivity index (χ2n) is 6.41. The molecule has 0 unspecified atom stereocenters. The summed E-state index contributed by atoms with van der Waals surface area (Å²) in [6.45, 7) is 1.97. The molecule has 2 aromatic rings. The van der Waals surface area contributed by atoms with Gasteiger partial charge >= 0.3 is 0 Å². The van der Waals surface area contributed by atoms with E-state index in [-0.39, 0.29) is 5.91 Å². The molecule has 1 aliphatic carbocycles. The van der Waals surface area contributed by atoms with E-state index < -0.39 is 0 Å². The minimum Gasteiger partial charge on any atom is -0.393 e. The normalized spacial score (nSPS) is 14.8. The van der Waals surface area contributed by atoms with Crippen LogP contribution < -0.4 is 21.9 Å². The Morgan fingerprint density at radius 3 is 2.48 bits per heavy atom. The van der Waals surface area contributed by atoms with E-state index in [1.165, 1.54) is 25.6 Å². The molecule has 0 aliphatic heterocycles.